The second-order valence-corrected chi connectivity index (χ2v) is 7.06. The summed E-state index contributed by atoms with van der Waals surface area (Å²) in [5.74, 6) is 1.90. The molecule has 0 unspecified atom stereocenters. The average molecular weight is 383 g/mol. The summed E-state index contributed by atoms with van der Waals surface area (Å²) in [5, 5.41) is 0. The van der Waals surface area contributed by atoms with E-state index in [-0.39, 0.29) is 5.91 Å². The molecule has 6 heteroatoms. The molecule has 0 aliphatic carbocycles. The largest absolute Gasteiger partial charge is 0.497 e. The summed E-state index contributed by atoms with van der Waals surface area (Å²) in [6.45, 7) is 4.24. The van der Waals surface area contributed by atoms with Crippen LogP contribution in [0.3, 0.4) is 0 Å². The molecule has 0 bridgehead atoms. The number of para-hydroxylation sites is 2. The van der Waals surface area contributed by atoms with E-state index in [1.54, 1.807) is 14.2 Å². The van der Waals surface area contributed by atoms with Crippen molar-refractivity contribution in [2.45, 2.75) is 6.54 Å². The van der Waals surface area contributed by atoms with E-state index in [1.165, 1.54) is 0 Å². The molecule has 1 saturated heterocycles. The zero-order chi connectivity index (χ0) is 19.9. The van der Waals surface area contributed by atoms with Crippen LogP contribution >= 0.6 is 0 Å². The van der Waals surface area contributed by atoms with Gasteiger partial charge in [0.25, 0.3) is 0 Å². The predicted octanol–water partition coefficient (Wildman–Crippen LogP) is 2.48. The Bertz CT molecular complexity index is 771. The Morgan fingerprint density at radius 1 is 0.964 bits per heavy atom. The highest BCUT2D eigenvalue weighted by atomic mass is 16.5. The average Bonchev–Trinajstić information content (AvgIpc) is 2.74. The molecule has 6 nitrogen and oxygen atoms in total. The van der Waals surface area contributed by atoms with Gasteiger partial charge in [0.15, 0.2) is 0 Å². The molecule has 2 aromatic carbocycles. The number of carbonyl (C=O) groups excluding carboxylic acids is 1. The third kappa shape index (κ3) is 4.95. The third-order valence-corrected chi connectivity index (χ3v) is 5.07. The standard InChI is InChI=1S/C22H29N3O3/c1-23(16-18-8-10-19(27-2)11-9-18)17-22(26)25-14-12-24(13-15-25)20-6-4-5-7-21(20)28-3/h4-11H,12-17H2,1-3H3. The third-order valence-electron chi connectivity index (χ3n) is 5.07. The van der Waals surface area contributed by atoms with E-state index in [1.807, 2.05) is 54.4 Å². The first-order valence-electron chi connectivity index (χ1n) is 9.58. The summed E-state index contributed by atoms with van der Waals surface area (Å²) in [5.41, 5.74) is 2.26. The highest BCUT2D eigenvalue weighted by Crippen LogP contribution is 2.28. The van der Waals surface area contributed by atoms with Crippen molar-refractivity contribution < 1.29 is 14.3 Å². The van der Waals surface area contributed by atoms with Crippen molar-refractivity contribution in [1.29, 1.82) is 0 Å². The first-order valence-corrected chi connectivity index (χ1v) is 9.58. The van der Waals surface area contributed by atoms with Crippen molar-refractivity contribution >= 4 is 11.6 Å². The molecule has 0 spiro atoms. The van der Waals surface area contributed by atoms with E-state index in [0.717, 1.165) is 55.5 Å². The van der Waals surface area contributed by atoms with Crippen LogP contribution < -0.4 is 14.4 Å². The number of likely N-dealkylation sites (N-methyl/N-ethyl adjacent to an activating group) is 1. The summed E-state index contributed by atoms with van der Waals surface area (Å²) < 4.78 is 10.6. The molecular weight excluding hydrogens is 354 g/mol. The number of anilines is 1. The molecule has 3 rings (SSSR count). The van der Waals surface area contributed by atoms with E-state index < -0.39 is 0 Å². The number of nitrogens with zero attached hydrogens (tertiary/aromatic N) is 3. The van der Waals surface area contributed by atoms with E-state index in [4.69, 9.17) is 9.47 Å². The number of benzene rings is 2. The first kappa shape index (κ1) is 20.0. The van der Waals surface area contributed by atoms with Gasteiger partial charge >= 0.3 is 0 Å². The summed E-state index contributed by atoms with van der Waals surface area (Å²) in [4.78, 5) is 19.0. The fourth-order valence-electron chi connectivity index (χ4n) is 3.52. The lowest BCUT2D eigenvalue weighted by Gasteiger charge is -2.37. The van der Waals surface area contributed by atoms with Crippen molar-refractivity contribution in [3.05, 3.63) is 54.1 Å². The van der Waals surface area contributed by atoms with Crippen LogP contribution in [0.2, 0.25) is 0 Å². The summed E-state index contributed by atoms with van der Waals surface area (Å²) in [6, 6.07) is 16.0. The number of carbonyl (C=O) groups is 1. The van der Waals surface area contributed by atoms with Crippen LogP contribution in [0.5, 0.6) is 11.5 Å². The van der Waals surface area contributed by atoms with E-state index >= 15 is 0 Å². The lowest BCUT2D eigenvalue weighted by molar-refractivity contribution is -0.132. The van der Waals surface area contributed by atoms with Crippen LogP contribution in [0.1, 0.15) is 5.56 Å². The SMILES string of the molecule is COc1ccc(CN(C)CC(=O)N2CCN(c3ccccc3OC)CC2)cc1. The van der Waals surface area contributed by atoms with Crippen molar-refractivity contribution in [2.24, 2.45) is 0 Å². The fourth-order valence-corrected chi connectivity index (χ4v) is 3.52. The van der Waals surface area contributed by atoms with Crippen LogP contribution in [0.4, 0.5) is 5.69 Å². The monoisotopic (exact) mass is 383 g/mol. The molecular formula is C22H29N3O3. The normalized spacial score (nSPS) is 14.3. The van der Waals surface area contributed by atoms with E-state index in [2.05, 4.69) is 15.9 Å². The lowest BCUT2D eigenvalue weighted by Crippen LogP contribution is -2.51. The Kier molecular flexibility index (Phi) is 6.76. The molecule has 0 radical (unpaired) electrons. The molecule has 0 atom stereocenters. The molecule has 1 aliphatic rings. The highest BCUT2D eigenvalue weighted by molar-refractivity contribution is 5.78. The van der Waals surface area contributed by atoms with Crippen LogP contribution in [0.25, 0.3) is 0 Å². The molecule has 28 heavy (non-hydrogen) atoms. The fraction of sp³-hybridized carbons (Fsp3) is 0.409. The maximum Gasteiger partial charge on any atom is 0.236 e. The summed E-state index contributed by atoms with van der Waals surface area (Å²) >= 11 is 0. The molecule has 0 aromatic heterocycles. The van der Waals surface area contributed by atoms with Gasteiger partial charge in [0.05, 0.1) is 26.5 Å². The van der Waals surface area contributed by atoms with Crippen molar-refractivity contribution in [1.82, 2.24) is 9.80 Å². The van der Waals surface area contributed by atoms with Gasteiger partial charge in [-0.2, -0.15) is 0 Å². The summed E-state index contributed by atoms with van der Waals surface area (Å²) in [6.07, 6.45) is 0. The van der Waals surface area contributed by atoms with Gasteiger partial charge in [-0.15, -0.1) is 0 Å². The number of hydrogen-bond acceptors (Lipinski definition) is 5. The molecule has 1 heterocycles. The first-order chi connectivity index (χ1) is 13.6. The summed E-state index contributed by atoms with van der Waals surface area (Å²) in [7, 11) is 5.33. The van der Waals surface area contributed by atoms with Gasteiger partial charge in [-0.25, -0.2) is 0 Å². The molecule has 150 valence electrons. The van der Waals surface area contributed by atoms with Gasteiger partial charge in [0.2, 0.25) is 5.91 Å². The predicted molar refractivity (Wildman–Crippen MR) is 111 cm³/mol. The number of methoxy groups -OCH3 is 2. The van der Waals surface area contributed by atoms with Crippen LogP contribution in [-0.4, -0.2) is 69.7 Å². The molecule has 0 saturated carbocycles. The number of amides is 1. The highest BCUT2D eigenvalue weighted by Gasteiger charge is 2.23. The quantitative estimate of drug-likeness (QED) is 0.735. The molecule has 1 amide bonds. The van der Waals surface area contributed by atoms with Crippen molar-refractivity contribution in [3.63, 3.8) is 0 Å². The second-order valence-electron chi connectivity index (χ2n) is 7.06. The Morgan fingerprint density at radius 3 is 2.29 bits per heavy atom. The van der Waals surface area contributed by atoms with Gasteiger partial charge in [-0.3, -0.25) is 9.69 Å². The Labute approximate surface area is 167 Å². The maximum atomic E-state index is 12.7. The van der Waals surface area contributed by atoms with Gasteiger partial charge in [-0.1, -0.05) is 24.3 Å². The van der Waals surface area contributed by atoms with Crippen LogP contribution in [0, 0.1) is 0 Å². The Hall–Kier alpha value is -2.73. The van der Waals surface area contributed by atoms with E-state index in [9.17, 15) is 4.79 Å². The second kappa shape index (κ2) is 9.46. The van der Waals surface area contributed by atoms with Gasteiger partial charge in [0, 0.05) is 32.7 Å². The van der Waals surface area contributed by atoms with Crippen LogP contribution in [-0.2, 0) is 11.3 Å². The minimum absolute atomic E-state index is 0.177. The Balaban J connectivity index is 1.49. The minimum Gasteiger partial charge on any atom is -0.497 e. The van der Waals surface area contributed by atoms with Gasteiger partial charge in [0.1, 0.15) is 11.5 Å². The number of hydrogen-bond donors (Lipinski definition) is 0. The molecule has 2 aromatic rings. The van der Waals surface area contributed by atoms with Crippen molar-refractivity contribution in [2.75, 3.05) is 58.9 Å². The number of piperazine rings is 1. The number of rotatable bonds is 7. The smallest absolute Gasteiger partial charge is 0.236 e. The lowest BCUT2D eigenvalue weighted by atomic mass is 10.2. The molecule has 1 aliphatic heterocycles. The van der Waals surface area contributed by atoms with E-state index in [0.29, 0.717) is 6.54 Å². The number of ether oxygens (including phenoxy) is 2. The molecule has 1 fully saturated rings. The zero-order valence-electron chi connectivity index (χ0n) is 16.9. The zero-order valence-corrected chi connectivity index (χ0v) is 16.9. The minimum atomic E-state index is 0.177. The van der Waals surface area contributed by atoms with Gasteiger partial charge in [-0.05, 0) is 36.9 Å². The Morgan fingerprint density at radius 2 is 1.64 bits per heavy atom. The topological polar surface area (TPSA) is 45.2 Å². The molecule has 0 N–H and O–H groups in total. The van der Waals surface area contributed by atoms with Gasteiger partial charge < -0.3 is 19.3 Å². The van der Waals surface area contributed by atoms with Crippen LogP contribution in [0.15, 0.2) is 48.5 Å². The van der Waals surface area contributed by atoms with Crippen molar-refractivity contribution in [3.8, 4) is 11.5 Å². The maximum absolute atomic E-state index is 12.7.